The molecule has 9 heteroatoms. The summed E-state index contributed by atoms with van der Waals surface area (Å²) in [6.45, 7) is 8.02. The number of carbonyl (C=O) groups excluding carboxylic acids is 2. The number of benzene rings is 1. The number of guanidine groups is 1. The van der Waals surface area contributed by atoms with Crippen LogP contribution >= 0.6 is 24.0 Å². The second-order valence-corrected chi connectivity index (χ2v) is 8.86. The Morgan fingerprint density at radius 1 is 1.06 bits per heavy atom. The molecule has 1 unspecified atom stereocenters. The van der Waals surface area contributed by atoms with Crippen molar-refractivity contribution < 1.29 is 9.59 Å². The summed E-state index contributed by atoms with van der Waals surface area (Å²) in [5.41, 5.74) is 1.84. The average molecular weight is 571 g/mol. The van der Waals surface area contributed by atoms with Crippen LogP contribution in [-0.4, -0.2) is 110 Å². The number of hydrogen-bond acceptors (Lipinski definition) is 4. The summed E-state index contributed by atoms with van der Waals surface area (Å²) in [6, 6.07) is 7.75. The van der Waals surface area contributed by atoms with E-state index in [9.17, 15) is 9.59 Å². The first-order valence-corrected chi connectivity index (χ1v) is 11.7. The largest absolute Gasteiger partial charge is 0.356 e. The number of carbonyl (C=O) groups is 2. The fourth-order valence-electron chi connectivity index (χ4n) is 4.45. The molecule has 2 fully saturated rings. The normalized spacial score (nSPS) is 18.0. The van der Waals surface area contributed by atoms with Crippen molar-refractivity contribution in [3.8, 4) is 0 Å². The Balaban J connectivity index is 0.00000385. The van der Waals surface area contributed by atoms with Crippen LogP contribution in [0.25, 0.3) is 0 Å². The highest BCUT2D eigenvalue weighted by Gasteiger charge is 2.30. The molecule has 1 aromatic rings. The molecule has 0 bridgehead atoms. The van der Waals surface area contributed by atoms with Gasteiger partial charge in [-0.15, -0.1) is 24.0 Å². The predicted molar refractivity (Wildman–Crippen MR) is 143 cm³/mol. The van der Waals surface area contributed by atoms with Crippen LogP contribution in [0.5, 0.6) is 0 Å². The quantitative estimate of drug-likeness (QED) is 0.321. The van der Waals surface area contributed by atoms with E-state index in [-0.39, 0.29) is 41.8 Å². The summed E-state index contributed by atoms with van der Waals surface area (Å²) >= 11 is 0. The number of aliphatic imine (C=N–C) groups is 1. The van der Waals surface area contributed by atoms with E-state index in [2.05, 4.69) is 26.2 Å². The maximum absolute atomic E-state index is 12.7. The van der Waals surface area contributed by atoms with Gasteiger partial charge in [0.2, 0.25) is 5.91 Å². The van der Waals surface area contributed by atoms with Crippen molar-refractivity contribution >= 4 is 41.8 Å². The highest BCUT2D eigenvalue weighted by molar-refractivity contribution is 14.0. The third-order valence-corrected chi connectivity index (χ3v) is 6.43. The zero-order chi connectivity index (χ0) is 23.1. The van der Waals surface area contributed by atoms with Crippen LogP contribution in [0, 0.1) is 0 Å². The average Bonchev–Trinajstić information content (AvgIpc) is 3.36. The highest BCUT2D eigenvalue weighted by Crippen LogP contribution is 2.14. The first-order valence-electron chi connectivity index (χ1n) is 11.7. The molecule has 0 radical (unpaired) electrons. The van der Waals surface area contributed by atoms with Gasteiger partial charge >= 0.3 is 0 Å². The fraction of sp³-hybridized carbons (Fsp3) is 0.625. The summed E-state index contributed by atoms with van der Waals surface area (Å²) in [5.74, 6) is 1.18. The first-order chi connectivity index (χ1) is 15.4. The van der Waals surface area contributed by atoms with Crippen molar-refractivity contribution in [1.29, 1.82) is 0 Å². The van der Waals surface area contributed by atoms with E-state index in [1.165, 1.54) is 0 Å². The van der Waals surface area contributed by atoms with Gasteiger partial charge in [-0.25, -0.2) is 0 Å². The second kappa shape index (κ2) is 13.1. The molecule has 1 atom stereocenters. The maximum atomic E-state index is 12.7. The van der Waals surface area contributed by atoms with Crippen molar-refractivity contribution in [2.75, 3.05) is 67.0 Å². The van der Waals surface area contributed by atoms with Gasteiger partial charge in [0.15, 0.2) is 5.96 Å². The molecule has 8 nitrogen and oxygen atoms in total. The minimum Gasteiger partial charge on any atom is -0.356 e. The topological polar surface area (TPSA) is 71.5 Å². The van der Waals surface area contributed by atoms with E-state index >= 15 is 0 Å². The van der Waals surface area contributed by atoms with Crippen LogP contribution in [0.4, 0.5) is 0 Å². The molecule has 3 rings (SSSR count). The summed E-state index contributed by atoms with van der Waals surface area (Å²) in [7, 11) is 5.34. The number of amides is 2. The van der Waals surface area contributed by atoms with Crippen molar-refractivity contribution in [1.82, 2.24) is 24.9 Å². The molecule has 2 saturated heterocycles. The molecule has 2 aliphatic rings. The van der Waals surface area contributed by atoms with Gasteiger partial charge in [0.25, 0.3) is 5.91 Å². The lowest BCUT2D eigenvalue weighted by molar-refractivity contribution is -0.135. The minimum atomic E-state index is -0.0534. The molecule has 2 aliphatic heterocycles. The molecule has 2 heterocycles. The molecule has 1 N–H and O–H groups in total. The molecule has 2 amide bonds. The van der Waals surface area contributed by atoms with E-state index in [4.69, 9.17) is 0 Å². The van der Waals surface area contributed by atoms with Gasteiger partial charge in [-0.3, -0.25) is 19.5 Å². The number of piperazine rings is 1. The van der Waals surface area contributed by atoms with E-state index in [1.807, 2.05) is 37.1 Å². The number of hydrogen-bond donors (Lipinski definition) is 1. The van der Waals surface area contributed by atoms with Crippen molar-refractivity contribution in [2.45, 2.75) is 32.2 Å². The highest BCUT2D eigenvalue weighted by atomic mass is 127. The number of nitrogens with one attached hydrogen (secondary N) is 1. The van der Waals surface area contributed by atoms with Gasteiger partial charge < -0.3 is 20.0 Å². The SMILES string of the molecule is CN=C(NCCc1cccc(C(=O)N(C)C)c1)N1CCN(C(C)C(=O)N2CCCC2)CC1.I. The number of nitrogens with zero attached hydrogens (tertiary/aromatic N) is 5. The fourth-order valence-corrected chi connectivity index (χ4v) is 4.45. The third kappa shape index (κ3) is 7.30. The van der Waals surface area contributed by atoms with Crippen LogP contribution < -0.4 is 5.32 Å². The molecular formula is C24H39IN6O2. The molecule has 33 heavy (non-hydrogen) atoms. The summed E-state index contributed by atoms with van der Waals surface area (Å²) in [5, 5.41) is 3.46. The standard InChI is InChI=1S/C24H38N6O2.HI/c1-19(22(31)29-12-5-6-13-29)28-14-16-30(17-15-28)24(25-2)26-11-10-20-8-7-9-21(18-20)23(32)27(3)4;/h7-9,18-19H,5-6,10-17H2,1-4H3,(H,25,26);1H. The molecule has 0 saturated carbocycles. The lowest BCUT2D eigenvalue weighted by Gasteiger charge is -2.39. The van der Waals surface area contributed by atoms with Crippen LogP contribution in [0.3, 0.4) is 0 Å². The molecule has 0 spiro atoms. The smallest absolute Gasteiger partial charge is 0.253 e. The van der Waals surface area contributed by atoms with Gasteiger partial charge in [0.1, 0.15) is 0 Å². The summed E-state index contributed by atoms with van der Waals surface area (Å²) in [4.78, 5) is 37.5. The molecule has 184 valence electrons. The van der Waals surface area contributed by atoms with Crippen LogP contribution in [0.2, 0.25) is 0 Å². The lowest BCUT2D eigenvalue weighted by atomic mass is 10.1. The molecular weight excluding hydrogens is 531 g/mol. The van der Waals surface area contributed by atoms with Crippen molar-refractivity contribution in [3.63, 3.8) is 0 Å². The van der Waals surface area contributed by atoms with Crippen molar-refractivity contribution in [3.05, 3.63) is 35.4 Å². The minimum absolute atomic E-state index is 0. The van der Waals surface area contributed by atoms with Gasteiger partial charge in [-0.1, -0.05) is 12.1 Å². The van der Waals surface area contributed by atoms with Gasteiger partial charge in [0, 0.05) is 72.5 Å². The summed E-state index contributed by atoms with van der Waals surface area (Å²) < 4.78 is 0. The van der Waals surface area contributed by atoms with Crippen LogP contribution in [0.15, 0.2) is 29.3 Å². The Hall–Kier alpha value is -1.88. The lowest BCUT2D eigenvalue weighted by Crippen LogP contribution is -2.57. The van der Waals surface area contributed by atoms with E-state index in [1.54, 1.807) is 19.0 Å². The Kier molecular flexibility index (Phi) is 10.9. The first kappa shape index (κ1) is 27.4. The van der Waals surface area contributed by atoms with E-state index in [0.717, 1.165) is 76.6 Å². The number of halogens is 1. The Labute approximate surface area is 215 Å². The monoisotopic (exact) mass is 570 g/mol. The van der Waals surface area contributed by atoms with Crippen molar-refractivity contribution in [2.24, 2.45) is 4.99 Å². The van der Waals surface area contributed by atoms with Crippen LogP contribution in [0.1, 0.15) is 35.7 Å². The molecule has 0 aromatic heterocycles. The van der Waals surface area contributed by atoms with Gasteiger partial charge in [-0.05, 0) is 43.9 Å². The number of likely N-dealkylation sites (tertiary alicyclic amines) is 1. The Morgan fingerprint density at radius 3 is 2.33 bits per heavy atom. The molecule has 1 aromatic carbocycles. The summed E-state index contributed by atoms with van der Waals surface area (Å²) in [6.07, 6.45) is 3.07. The Bertz CT molecular complexity index is 817. The van der Waals surface area contributed by atoms with E-state index < -0.39 is 0 Å². The number of rotatable bonds is 6. The second-order valence-electron chi connectivity index (χ2n) is 8.86. The third-order valence-electron chi connectivity index (χ3n) is 6.43. The zero-order valence-electron chi connectivity index (χ0n) is 20.4. The Morgan fingerprint density at radius 2 is 1.73 bits per heavy atom. The zero-order valence-corrected chi connectivity index (χ0v) is 22.7. The van der Waals surface area contributed by atoms with Gasteiger partial charge in [-0.2, -0.15) is 0 Å². The van der Waals surface area contributed by atoms with Gasteiger partial charge in [0.05, 0.1) is 6.04 Å². The predicted octanol–water partition coefficient (Wildman–Crippen LogP) is 1.75. The van der Waals surface area contributed by atoms with E-state index in [0.29, 0.717) is 5.56 Å². The van der Waals surface area contributed by atoms with Crippen LogP contribution in [-0.2, 0) is 11.2 Å². The molecule has 0 aliphatic carbocycles. The maximum Gasteiger partial charge on any atom is 0.253 e.